The summed E-state index contributed by atoms with van der Waals surface area (Å²) < 4.78 is 0. The zero-order valence-electron chi connectivity index (χ0n) is 18.2. The molecule has 1 aliphatic heterocycles. The number of nitro groups is 2. The van der Waals surface area contributed by atoms with Gasteiger partial charge in [0.15, 0.2) is 0 Å². The van der Waals surface area contributed by atoms with Gasteiger partial charge in [0, 0.05) is 24.6 Å². The number of thioether (sulfide) groups is 1. The molecule has 0 radical (unpaired) electrons. The molecule has 0 saturated heterocycles. The van der Waals surface area contributed by atoms with Crippen molar-refractivity contribution < 1.29 is 29.6 Å². The van der Waals surface area contributed by atoms with Crippen molar-refractivity contribution in [3.05, 3.63) is 65.4 Å². The van der Waals surface area contributed by atoms with E-state index in [2.05, 4.69) is 9.98 Å². The highest BCUT2D eigenvalue weighted by Crippen LogP contribution is 2.58. The second-order valence-electron chi connectivity index (χ2n) is 7.12. The van der Waals surface area contributed by atoms with Gasteiger partial charge in [-0.25, -0.2) is 9.59 Å². The molecule has 2 aromatic heterocycles. The minimum absolute atomic E-state index is 0.0990. The number of rotatable bonds is 10. The highest BCUT2D eigenvalue weighted by Gasteiger charge is 2.58. The maximum Gasteiger partial charge on any atom is 0.335 e. The van der Waals surface area contributed by atoms with Gasteiger partial charge in [-0.1, -0.05) is 48.3 Å². The first-order valence-corrected chi connectivity index (χ1v) is 12.4. The lowest BCUT2D eigenvalue weighted by Crippen LogP contribution is -2.28. The molecule has 3 heterocycles. The van der Waals surface area contributed by atoms with Crippen LogP contribution in [0.3, 0.4) is 0 Å². The molecule has 184 valence electrons. The summed E-state index contributed by atoms with van der Waals surface area (Å²) in [6, 6.07) is 5.52. The van der Waals surface area contributed by atoms with Crippen molar-refractivity contribution in [1.29, 1.82) is 0 Å². The normalized spacial score (nSPS) is 22.3. The zero-order valence-corrected chi connectivity index (χ0v) is 20.7. The summed E-state index contributed by atoms with van der Waals surface area (Å²) in [6.07, 6.45) is 2.80. The summed E-state index contributed by atoms with van der Waals surface area (Å²) in [5, 5.41) is 41.8. The van der Waals surface area contributed by atoms with Crippen LogP contribution in [0.25, 0.3) is 0 Å². The average molecular weight is 539 g/mol. The topological polar surface area (TPSA) is 186 Å². The van der Waals surface area contributed by atoms with Gasteiger partial charge < -0.3 is 10.2 Å². The molecule has 0 aromatic carbocycles. The number of carboxylic acids is 2. The van der Waals surface area contributed by atoms with Crippen LogP contribution >= 0.6 is 34.4 Å². The van der Waals surface area contributed by atoms with Crippen LogP contribution < -0.4 is 0 Å². The molecule has 2 aromatic rings. The molecule has 0 amide bonds. The molecule has 2 N–H and O–H groups in total. The number of carbonyl (C=O) groups is 2. The molecular formula is C20H18N4O8S3. The molecule has 0 aliphatic carbocycles. The Morgan fingerprint density at radius 3 is 1.49 bits per heavy atom. The van der Waals surface area contributed by atoms with E-state index >= 15 is 0 Å². The van der Waals surface area contributed by atoms with Crippen LogP contribution in [-0.4, -0.2) is 54.2 Å². The molecule has 0 saturated carbocycles. The Hall–Kier alpha value is -3.43. The van der Waals surface area contributed by atoms with Crippen LogP contribution in [0.5, 0.6) is 0 Å². The van der Waals surface area contributed by atoms with Gasteiger partial charge in [-0.05, 0) is 25.0 Å². The minimum Gasteiger partial charge on any atom is -0.478 e. The second-order valence-corrected chi connectivity index (χ2v) is 10.9. The number of hydrogen-bond acceptors (Lipinski definition) is 11. The third-order valence-electron chi connectivity index (χ3n) is 5.14. The Kier molecular flexibility index (Phi) is 7.52. The smallest absolute Gasteiger partial charge is 0.335 e. The lowest BCUT2D eigenvalue weighted by molar-refractivity contribution is -0.380. The van der Waals surface area contributed by atoms with E-state index in [1.54, 1.807) is 13.8 Å². The maximum absolute atomic E-state index is 12.3. The molecule has 3 rings (SSSR count). The Balaban J connectivity index is 2.13. The quantitative estimate of drug-likeness (QED) is 0.248. The van der Waals surface area contributed by atoms with Crippen molar-refractivity contribution in [1.82, 2.24) is 0 Å². The van der Waals surface area contributed by atoms with Gasteiger partial charge in [0.05, 0.1) is 30.7 Å². The van der Waals surface area contributed by atoms with E-state index in [0.29, 0.717) is 9.75 Å². The van der Waals surface area contributed by atoms with Crippen LogP contribution in [0.4, 0.5) is 10.0 Å². The first kappa shape index (κ1) is 26.2. The fourth-order valence-electron chi connectivity index (χ4n) is 3.54. The van der Waals surface area contributed by atoms with Gasteiger partial charge in [0.1, 0.15) is 9.74 Å². The highest BCUT2D eigenvalue weighted by molar-refractivity contribution is 8.02. The van der Waals surface area contributed by atoms with Crippen LogP contribution in [-0.2, 0) is 9.59 Å². The standard InChI is InChI=1S/C20H18N4O8S3/c1-3-19(21-9-11-5-7-13(33-11)23(29)30)15(17(25)26)16(18(27)28)20(4-2,35-19)22-10-12-6-8-14(34-12)24(31)32/h5-10H,3-4H2,1-2H3,(H,25,26)(H,27,28)/b21-9+,22-10+. The predicted octanol–water partition coefficient (Wildman–Crippen LogP) is 4.59. The molecule has 12 nitrogen and oxygen atoms in total. The van der Waals surface area contributed by atoms with Crippen LogP contribution in [0.2, 0.25) is 0 Å². The summed E-state index contributed by atoms with van der Waals surface area (Å²) in [5.41, 5.74) is -0.869. The van der Waals surface area contributed by atoms with E-state index in [-0.39, 0.29) is 22.8 Å². The van der Waals surface area contributed by atoms with E-state index in [9.17, 15) is 40.0 Å². The van der Waals surface area contributed by atoms with Crippen molar-refractivity contribution in [3.63, 3.8) is 0 Å². The average Bonchev–Trinajstić information content (AvgIpc) is 3.53. The molecule has 2 atom stereocenters. The first-order valence-electron chi connectivity index (χ1n) is 9.99. The fraction of sp³-hybridized carbons (Fsp3) is 0.300. The van der Waals surface area contributed by atoms with E-state index in [4.69, 9.17) is 0 Å². The molecule has 15 heteroatoms. The van der Waals surface area contributed by atoms with Crippen LogP contribution in [0.15, 0.2) is 45.4 Å². The second kappa shape index (κ2) is 10.1. The number of nitrogens with zero attached hydrogens (tertiary/aromatic N) is 4. The van der Waals surface area contributed by atoms with Gasteiger partial charge >= 0.3 is 21.9 Å². The number of hydrogen-bond donors (Lipinski definition) is 2. The lowest BCUT2D eigenvalue weighted by atomic mass is 9.93. The van der Waals surface area contributed by atoms with Crippen LogP contribution in [0.1, 0.15) is 36.4 Å². The summed E-state index contributed by atoms with van der Waals surface area (Å²) in [7, 11) is 0. The number of thiophene rings is 2. The maximum atomic E-state index is 12.3. The Morgan fingerprint density at radius 1 is 0.857 bits per heavy atom. The van der Waals surface area contributed by atoms with Crippen molar-refractivity contribution in [2.75, 3.05) is 0 Å². The summed E-state index contributed by atoms with van der Waals surface area (Å²) in [6.45, 7) is 3.31. The van der Waals surface area contributed by atoms with E-state index in [1.807, 2.05) is 0 Å². The van der Waals surface area contributed by atoms with Crippen LogP contribution in [0, 0.1) is 20.2 Å². The van der Waals surface area contributed by atoms with E-state index in [1.165, 1.54) is 36.7 Å². The van der Waals surface area contributed by atoms with Gasteiger partial charge in [0.25, 0.3) is 0 Å². The van der Waals surface area contributed by atoms with Crippen molar-refractivity contribution in [2.45, 2.75) is 36.4 Å². The van der Waals surface area contributed by atoms with Crippen molar-refractivity contribution >= 4 is 68.8 Å². The molecule has 2 unspecified atom stereocenters. The first-order chi connectivity index (χ1) is 16.5. The fourth-order valence-corrected chi connectivity index (χ4v) is 6.57. The molecule has 35 heavy (non-hydrogen) atoms. The zero-order chi connectivity index (χ0) is 26.0. The highest BCUT2D eigenvalue weighted by atomic mass is 32.2. The van der Waals surface area contributed by atoms with E-state index < -0.39 is 42.7 Å². The van der Waals surface area contributed by atoms with E-state index in [0.717, 1.165) is 34.4 Å². The third-order valence-corrected chi connectivity index (χ3v) is 8.96. The number of carboxylic acid groups (broad SMARTS) is 2. The minimum atomic E-state index is -1.53. The third kappa shape index (κ3) is 5.01. The largest absolute Gasteiger partial charge is 0.478 e. The SMILES string of the molecule is CCC1(/N=C/c2ccc([N+](=O)[O-])s2)SC(CC)(/N=C/c2ccc([N+](=O)[O-])s2)C(C(=O)O)=C1C(=O)O. The number of aliphatic imine (C=N–C) groups is 2. The van der Waals surface area contributed by atoms with Gasteiger partial charge in [0.2, 0.25) is 0 Å². The van der Waals surface area contributed by atoms with Gasteiger partial charge in [-0.2, -0.15) is 0 Å². The molecule has 0 spiro atoms. The van der Waals surface area contributed by atoms with Crippen molar-refractivity contribution in [2.24, 2.45) is 9.98 Å². The molecule has 1 aliphatic rings. The molecule has 0 bridgehead atoms. The number of aliphatic carboxylic acids is 2. The summed E-state index contributed by atoms with van der Waals surface area (Å²) in [5.74, 6) is -2.94. The Morgan fingerprint density at radius 2 is 1.23 bits per heavy atom. The van der Waals surface area contributed by atoms with Crippen molar-refractivity contribution in [3.8, 4) is 0 Å². The monoisotopic (exact) mass is 538 g/mol. The lowest BCUT2D eigenvalue weighted by Gasteiger charge is -2.29. The summed E-state index contributed by atoms with van der Waals surface area (Å²) in [4.78, 5) is 52.1. The summed E-state index contributed by atoms with van der Waals surface area (Å²) >= 11 is 2.65. The predicted molar refractivity (Wildman–Crippen MR) is 133 cm³/mol. The molecule has 0 fully saturated rings. The van der Waals surface area contributed by atoms with Gasteiger partial charge in [-0.3, -0.25) is 30.2 Å². The molecular weight excluding hydrogens is 520 g/mol. The Labute approximate surface area is 210 Å². The Bertz CT molecular complexity index is 1200. The van der Waals surface area contributed by atoms with Gasteiger partial charge in [-0.15, -0.1) is 0 Å².